The van der Waals surface area contributed by atoms with Gasteiger partial charge in [0.05, 0.1) is 5.25 Å². The van der Waals surface area contributed by atoms with Gasteiger partial charge in [0.15, 0.2) is 0 Å². The molecule has 15 heavy (non-hydrogen) atoms. The Morgan fingerprint density at radius 1 is 1.40 bits per heavy atom. The van der Waals surface area contributed by atoms with Gasteiger partial charge >= 0.3 is 0 Å². The second-order valence-electron chi connectivity index (χ2n) is 4.08. The molecule has 88 valence electrons. The van der Waals surface area contributed by atoms with E-state index < -0.39 is 15.3 Å². The molecule has 1 rings (SSSR count). The van der Waals surface area contributed by atoms with Gasteiger partial charge < -0.3 is 5.32 Å². The van der Waals surface area contributed by atoms with Crippen LogP contribution in [0.4, 0.5) is 0 Å². The summed E-state index contributed by atoms with van der Waals surface area (Å²) in [5, 5.41) is 2.34. The minimum atomic E-state index is -3.24. The minimum Gasteiger partial charge on any atom is -0.353 e. The van der Waals surface area contributed by atoms with E-state index in [-0.39, 0.29) is 18.9 Å². The zero-order valence-corrected chi connectivity index (χ0v) is 9.93. The van der Waals surface area contributed by atoms with Crippen LogP contribution >= 0.6 is 0 Å². The van der Waals surface area contributed by atoms with E-state index in [9.17, 15) is 13.2 Å². The second-order valence-corrected chi connectivity index (χ2v) is 6.40. The van der Waals surface area contributed by atoms with Crippen LogP contribution in [0.5, 0.6) is 0 Å². The number of rotatable bonds is 6. The molecule has 2 N–H and O–H groups in total. The molecule has 1 saturated carbocycles. The second kappa shape index (κ2) is 4.94. The van der Waals surface area contributed by atoms with Crippen LogP contribution in [0.2, 0.25) is 0 Å². The standard InChI is InChI=1S/C9H18N2O3S/c1-7(2)15(13,14)10-6-5-9(12)11-8-3-4-8/h7-8,10H,3-6H2,1-2H3,(H,11,12). The van der Waals surface area contributed by atoms with E-state index in [1.54, 1.807) is 13.8 Å². The lowest BCUT2D eigenvalue weighted by molar-refractivity contribution is -0.121. The third-order valence-corrected chi connectivity index (χ3v) is 4.07. The monoisotopic (exact) mass is 234 g/mol. The van der Waals surface area contributed by atoms with Gasteiger partial charge in [0, 0.05) is 19.0 Å². The van der Waals surface area contributed by atoms with Crippen molar-refractivity contribution in [2.75, 3.05) is 6.54 Å². The molecule has 0 atom stereocenters. The van der Waals surface area contributed by atoms with Crippen LogP contribution in [0.3, 0.4) is 0 Å². The van der Waals surface area contributed by atoms with E-state index in [0.29, 0.717) is 6.04 Å². The zero-order valence-electron chi connectivity index (χ0n) is 9.12. The van der Waals surface area contributed by atoms with Crippen LogP contribution < -0.4 is 10.0 Å². The van der Waals surface area contributed by atoms with Crippen LogP contribution in [-0.2, 0) is 14.8 Å². The summed E-state index contributed by atoms with van der Waals surface area (Å²) in [6.07, 6.45) is 2.30. The number of nitrogens with one attached hydrogen (secondary N) is 2. The van der Waals surface area contributed by atoms with E-state index in [1.165, 1.54) is 0 Å². The van der Waals surface area contributed by atoms with E-state index >= 15 is 0 Å². The topological polar surface area (TPSA) is 75.3 Å². The van der Waals surface area contributed by atoms with Crippen molar-refractivity contribution >= 4 is 15.9 Å². The van der Waals surface area contributed by atoms with Gasteiger partial charge in [-0.25, -0.2) is 13.1 Å². The lowest BCUT2D eigenvalue weighted by atomic mass is 10.4. The van der Waals surface area contributed by atoms with Crippen LogP contribution in [0, 0.1) is 0 Å². The number of carbonyl (C=O) groups excluding carboxylic acids is 1. The molecule has 0 bridgehead atoms. The van der Waals surface area contributed by atoms with Gasteiger partial charge in [0.1, 0.15) is 0 Å². The minimum absolute atomic E-state index is 0.0797. The predicted octanol–water partition coefficient (Wildman–Crippen LogP) is -0.0171. The fourth-order valence-corrected chi connectivity index (χ4v) is 1.72. The molecule has 5 nitrogen and oxygen atoms in total. The largest absolute Gasteiger partial charge is 0.353 e. The summed E-state index contributed by atoms with van der Waals surface area (Å²) in [6, 6.07) is 0.333. The summed E-state index contributed by atoms with van der Waals surface area (Å²) in [5.74, 6) is -0.0797. The van der Waals surface area contributed by atoms with Crippen molar-refractivity contribution in [2.24, 2.45) is 0 Å². The van der Waals surface area contributed by atoms with Gasteiger partial charge in [-0.2, -0.15) is 0 Å². The summed E-state index contributed by atoms with van der Waals surface area (Å²) in [5.41, 5.74) is 0. The van der Waals surface area contributed by atoms with Gasteiger partial charge in [0.25, 0.3) is 0 Å². The fraction of sp³-hybridized carbons (Fsp3) is 0.889. The summed E-state index contributed by atoms with van der Waals surface area (Å²) in [4.78, 5) is 11.2. The van der Waals surface area contributed by atoms with Crippen molar-refractivity contribution in [1.82, 2.24) is 10.0 Å². The van der Waals surface area contributed by atoms with Crippen molar-refractivity contribution in [1.29, 1.82) is 0 Å². The quantitative estimate of drug-likeness (QED) is 0.678. The zero-order chi connectivity index (χ0) is 11.5. The highest BCUT2D eigenvalue weighted by Crippen LogP contribution is 2.18. The van der Waals surface area contributed by atoms with E-state index in [4.69, 9.17) is 0 Å². The molecule has 0 radical (unpaired) electrons. The Labute approximate surface area is 90.7 Å². The first-order chi connectivity index (χ1) is 6.92. The summed E-state index contributed by atoms with van der Waals surface area (Å²) >= 11 is 0. The maximum Gasteiger partial charge on any atom is 0.221 e. The third kappa shape index (κ3) is 4.61. The van der Waals surface area contributed by atoms with E-state index in [2.05, 4.69) is 10.0 Å². The molecule has 1 aliphatic carbocycles. The lowest BCUT2D eigenvalue weighted by Crippen LogP contribution is -2.35. The maximum atomic E-state index is 11.3. The molecular formula is C9H18N2O3S. The van der Waals surface area contributed by atoms with Crippen molar-refractivity contribution in [2.45, 2.75) is 44.4 Å². The molecule has 0 aromatic carbocycles. The number of amides is 1. The Kier molecular flexibility index (Phi) is 4.10. The first-order valence-electron chi connectivity index (χ1n) is 5.19. The number of sulfonamides is 1. The van der Waals surface area contributed by atoms with Gasteiger partial charge in [-0.15, -0.1) is 0 Å². The molecule has 0 aromatic heterocycles. The van der Waals surface area contributed by atoms with Gasteiger partial charge in [-0.1, -0.05) is 0 Å². The molecular weight excluding hydrogens is 216 g/mol. The molecule has 6 heteroatoms. The van der Waals surface area contributed by atoms with E-state index in [1.807, 2.05) is 0 Å². The molecule has 1 aliphatic rings. The predicted molar refractivity (Wildman–Crippen MR) is 57.8 cm³/mol. The highest BCUT2D eigenvalue weighted by Gasteiger charge is 2.23. The SMILES string of the molecule is CC(C)S(=O)(=O)NCCC(=O)NC1CC1. The molecule has 0 aliphatic heterocycles. The Bertz CT molecular complexity index is 320. The van der Waals surface area contributed by atoms with Crippen molar-refractivity contribution < 1.29 is 13.2 Å². The highest BCUT2D eigenvalue weighted by molar-refractivity contribution is 7.90. The Hall–Kier alpha value is -0.620. The molecule has 1 fully saturated rings. The van der Waals surface area contributed by atoms with Crippen molar-refractivity contribution in [3.8, 4) is 0 Å². The average Bonchev–Trinajstić information content (AvgIpc) is 2.87. The third-order valence-electron chi connectivity index (χ3n) is 2.22. The first-order valence-corrected chi connectivity index (χ1v) is 6.74. The molecule has 0 aromatic rings. The number of hydrogen-bond donors (Lipinski definition) is 2. The summed E-state index contributed by atoms with van der Waals surface area (Å²) in [7, 11) is -3.24. The van der Waals surface area contributed by atoms with Gasteiger partial charge in [-0.05, 0) is 26.7 Å². The normalized spacial score (nSPS) is 16.7. The summed E-state index contributed by atoms with van der Waals surface area (Å²) < 4.78 is 25.0. The highest BCUT2D eigenvalue weighted by atomic mass is 32.2. The fourth-order valence-electron chi connectivity index (χ4n) is 1.00. The average molecular weight is 234 g/mol. The molecule has 0 unspecified atom stereocenters. The van der Waals surface area contributed by atoms with Crippen LogP contribution in [0.25, 0.3) is 0 Å². The molecule has 1 amide bonds. The van der Waals surface area contributed by atoms with Crippen molar-refractivity contribution in [3.63, 3.8) is 0 Å². The summed E-state index contributed by atoms with van der Waals surface area (Å²) in [6.45, 7) is 3.39. The van der Waals surface area contributed by atoms with Crippen molar-refractivity contribution in [3.05, 3.63) is 0 Å². The smallest absolute Gasteiger partial charge is 0.221 e. The van der Waals surface area contributed by atoms with Crippen LogP contribution in [-0.4, -0.2) is 32.2 Å². The Morgan fingerprint density at radius 2 is 2.00 bits per heavy atom. The Morgan fingerprint density at radius 3 is 2.47 bits per heavy atom. The maximum absolute atomic E-state index is 11.3. The lowest BCUT2D eigenvalue weighted by Gasteiger charge is -2.09. The van der Waals surface area contributed by atoms with Gasteiger partial charge in [0.2, 0.25) is 15.9 Å². The van der Waals surface area contributed by atoms with Crippen LogP contribution in [0.15, 0.2) is 0 Å². The van der Waals surface area contributed by atoms with E-state index in [0.717, 1.165) is 12.8 Å². The van der Waals surface area contributed by atoms with Gasteiger partial charge in [-0.3, -0.25) is 4.79 Å². The Balaban J connectivity index is 2.17. The van der Waals surface area contributed by atoms with Crippen LogP contribution in [0.1, 0.15) is 33.1 Å². The first kappa shape index (κ1) is 12.4. The number of carbonyl (C=O) groups is 1. The molecule has 0 saturated heterocycles. The molecule has 0 spiro atoms. The molecule has 0 heterocycles. The number of hydrogen-bond acceptors (Lipinski definition) is 3.